The van der Waals surface area contributed by atoms with Gasteiger partial charge in [0.15, 0.2) is 6.61 Å². The molecule has 0 atom stereocenters. The van der Waals surface area contributed by atoms with Gasteiger partial charge in [0.25, 0.3) is 5.91 Å². The van der Waals surface area contributed by atoms with Crippen LogP contribution in [-0.2, 0) is 17.9 Å². The lowest BCUT2D eigenvalue weighted by Crippen LogP contribution is -2.28. The van der Waals surface area contributed by atoms with Gasteiger partial charge in [-0.3, -0.25) is 4.79 Å². The van der Waals surface area contributed by atoms with E-state index in [0.29, 0.717) is 12.3 Å². The van der Waals surface area contributed by atoms with Crippen LogP contribution in [0.1, 0.15) is 11.1 Å². The smallest absolute Gasteiger partial charge is 0.258 e. The number of nitrogens with one attached hydrogen (secondary N) is 1. The molecule has 25 heavy (non-hydrogen) atoms. The van der Waals surface area contributed by atoms with Crippen molar-refractivity contribution in [3.05, 3.63) is 82.9 Å². The number of imidazole rings is 1. The molecule has 3 rings (SSSR count). The Balaban J connectivity index is 1.47. The van der Waals surface area contributed by atoms with E-state index in [4.69, 9.17) is 4.74 Å². The molecule has 2 aromatic carbocycles. The summed E-state index contributed by atoms with van der Waals surface area (Å²) in [7, 11) is 0. The fraction of sp³-hybridized carbons (Fsp3) is 0.158. The van der Waals surface area contributed by atoms with E-state index in [1.807, 2.05) is 47.2 Å². The zero-order valence-electron chi connectivity index (χ0n) is 13.6. The van der Waals surface area contributed by atoms with Crippen molar-refractivity contribution in [2.45, 2.75) is 13.1 Å². The second kappa shape index (κ2) is 8.48. The molecular weight excluding hydrogens is 382 g/mol. The Morgan fingerprint density at radius 3 is 2.72 bits per heavy atom. The van der Waals surface area contributed by atoms with Gasteiger partial charge in [-0.2, -0.15) is 0 Å². The predicted molar refractivity (Wildman–Crippen MR) is 99.3 cm³/mol. The van der Waals surface area contributed by atoms with Crippen molar-refractivity contribution < 1.29 is 9.53 Å². The average Bonchev–Trinajstić information content (AvgIpc) is 3.13. The molecule has 0 saturated carbocycles. The van der Waals surface area contributed by atoms with Crippen molar-refractivity contribution in [3.8, 4) is 5.75 Å². The van der Waals surface area contributed by atoms with Crippen molar-refractivity contribution >= 4 is 21.8 Å². The summed E-state index contributed by atoms with van der Waals surface area (Å²) in [5.74, 6) is 0.517. The number of carbonyl (C=O) groups excluding carboxylic acids is 1. The fourth-order valence-electron chi connectivity index (χ4n) is 2.36. The van der Waals surface area contributed by atoms with E-state index in [-0.39, 0.29) is 12.5 Å². The minimum atomic E-state index is -0.150. The Morgan fingerprint density at radius 2 is 1.96 bits per heavy atom. The summed E-state index contributed by atoms with van der Waals surface area (Å²) in [6.45, 7) is 1.23. The number of amides is 1. The van der Waals surface area contributed by atoms with Crippen molar-refractivity contribution in [2.24, 2.45) is 0 Å². The number of nitrogens with zero attached hydrogens (tertiary/aromatic N) is 2. The van der Waals surface area contributed by atoms with E-state index in [0.717, 1.165) is 22.1 Å². The molecule has 0 aliphatic rings. The van der Waals surface area contributed by atoms with E-state index in [1.54, 1.807) is 12.5 Å². The first-order valence-corrected chi connectivity index (χ1v) is 8.67. The Kier molecular flexibility index (Phi) is 5.85. The van der Waals surface area contributed by atoms with Gasteiger partial charge in [-0.1, -0.05) is 40.2 Å². The third-order valence-corrected chi connectivity index (χ3v) is 4.12. The lowest BCUT2D eigenvalue weighted by molar-refractivity contribution is -0.123. The fourth-order valence-corrected chi connectivity index (χ4v) is 2.62. The van der Waals surface area contributed by atoms with Crippen LogP contribution in [0.2, 0.25) is 0 Å². The van der Waals surface area contributed by atoms with Gasteiger partial charge in [0.2, 0.25) is 0 Å². The Hall–Kier alpha value is -2.60. The molecule has 1 N–H and O–H groups in total. The molecule has 6 heteroatoms. The molecule has 0 aliphatic heterocycles. The maximum Gasteiger partial charge on any atom is 0.258 e. The van der Waals surface area contributed by atoms with Crippen LogP contribution in [0.5, 0.6) is 5.75 Å². The van der Waals surface area contributed by atoms with E-state index in [1.165, 1.54) is 0 Å². The van der Waals surface area contributed by atoms with Crippen molar-refractivity contribution in [3.63, 3.8) is 0 Å². The standard InChI is InChI=1S/C19H18BrN3O2/c20-17-4-6-18(7-5-17)25-13-19(24)22-11-15-2-1-3-16(10-15)12-23-9-8-21-14-23/h1-10,14H,11-13H2,(H,22,24). The highest BCUT2D eigenvalue weighted by molar-refractivity contribution is 9.10. The number of carbonyl (C=O) groups is 1. The zero-order valence-corrected chi connectivity index (χ0v) is 15.1. The van der Waals surface area contributed by atoms with Crippen LogP contribution in [0.25, 0.3) is 0 Å². The molecule has 0 bridgehead atoms. The highest BCUT2D eigenvalue weighted by Gasteiger charge is 2.04. The second-order valence-corrected chi connectivity index (χ2v) is 6.49. The van der Waals surface area contributed by atoms with E-state index >= 15 is 0 Å². The minimum absolute atomic E-state index is 0.00361. The summed E-state index contributed by atoms with van der Waals surface area (Å²) >= 11 is 3.36. The van der Waals surface area contributed by atoms with Gasteiger partial charge in [0, 0.05) is 30.0 Å². The second-order valence-electron chi connectivity index (χ2n) is 5.57. The molecule has 0 unspecified atom stereocenters. The van der Waals surface area contributed by atoms with Gasteiger partial charge in [-0.25, -0.2) is 4.98 Å². The van der Waals surface area contributed by atoms with Crippen LogP contribution in [-0.4, -0.2) is 22.1 Å². The summed E-state index contributed by atoms with van der Waals surface area (Å²) in [4.78, 5) is 16.0. The third kappa shape index (κ3) is 5.46. The maximum atomic E-state index is 11.9. The molecule has 1 heterocycles. The van der Waals surface area contributed by atoms with Crippen LogP contribution in [0.4, 0.5) is 0 Å². The summed E-state index contributed by atoms with van der Waals surface area (Å²) in [6.07, 6.45) is 5.47. The Morgan fingerprint density at radius 1 is 1.16 bits per heavy atom. The number of hydrogen-bond donors (Lipinski definition) is 1. The molecule has 1 amide bonds. The monoisotopic (exact) mass is 399 g/mol. The summed E-state index contributed by atoms with van der Waals surface area (Å²) in [5.41, 5.74) is 2.21. The molecule has 5 nitrogen and oxygen atoms in total. The van der Waals surface area contributed by atoms with Crippen LogP contribution in [0.15, 0.2) is 71.7 Å². The van der Waals surface area contributed by atoms with Crippen LogP contribution in [0.3, 0.4) is 0 Å². The summed E-state index contributed by atoms with van der Waals surface area (Å²) in [5, 5.41) is 2.87. The first-order valence-electron chi connectivity index (χ1n) is 7.88. The number of halogens is 1. The van der Waals surface area contributed by atoms with Crippen molar-refractivity contribution in [1.29, 1.82) is 0 Å². The predicted octanol–water partition coefficient (Wildman–Crippen LogP) is 3.39. The van der Waals surface area contributed by atoms with Gasteiger partial charge in [-0.15, -0.1) is 0 Å². The number of rotatable bonds is 7. The van der Waals surface area contributed by atoms with Crippen molar-refractivity contribution in [2.75, 3.05) is 6.61 Å². The number of aromatic nitrogens is 2. The Labute approximate surface area is 154 Å². The van der Waals surface area contributed by atoms with Crippen LogP contribution in [0, 0.1) is 0 Å². The average molecular weight is 400 g/mol. The lowest BCUT2D eigenvalue weighted by atomic mass is 10.1. The van der Waals surface area contributed by atoms with E-state index in [9.17, 15) is 4.79 Å². The van der Waals surface area contributed by atoms with Crippen LogP contribution >= 0.6 is 15.9 Å². The van der Waals surface area contributed by atoms with Gasteiger partial charge in [-0.05, 0) is 35.4 Å². The first kappa shape index (κ1) is 17.2. The minimum Gasteiger partial charge on any atom is -0.484 e. The summed E-state index contributed by atoms with van der Waals surface area (Å²) < 4.78 is 8.44. The van der Waals surface area contributed by atoms with Gasteiger partial charge < -0.3 is 14.6 Å². The molecule has 0 saturated heterocycles. The van der Waals surface area contributed by atoms with Gasteiger partial charge in [0.1, 0.15) is 5.75 Å². The third-order valence-electron chi connectivity index (χ3n) is 3.59. The molecule has 0 radical (unpaired) electrons. The lowest BCUT2D eigenvalue weighted by Gasteiger charge is -2.09. The topological polar surface area (TPSA) is 56.1 Å². The molecule has 0 fully saturated rings. The Bertz CT molecular complexity index is 817. The van der Waals surface area contributed by atoms with Gasteiger partial charge in [0.05, 0.1) is 6.33 Å². The van der Waals surface area contributed by atoms with Crippen LogP contribution < -0.4 is 10.1 Å². The molecule has 3 aromatic rings. The van der Waals surface area contributed by atoms with Crippen molar-refractivity contribution in [1.82, 2.24) is 14.9 Å². The highest BCUT2D eigenvalue weighted by Crippen LogP contribution is 2.15. The highest BCUT2D eigenvalue weighted by atomic mass is 79.9. The molecule has 0 aliphatic carbocycles. The molecule has 1 aromatic heterocycles. The zero-order chi connectivity index (χ0) is 17.5. The number of benzene rings is 2. The summed E-state index contributed by atoms with van der Waals surface area (Å²) in [6, 6.07) is 15.5. The maximum absolute atomic E-state index is 11.9. The van der Waals surface area contributed by atoms with E-state index in [2.05, 4.69) is 38.4 Å². The first-order chi connectivity index (χ1) is 12.2. The molecule has 128 valence electrons. The van der Waals surface area contributed by atoms with E-state index < -0.39 is 0 Å². The molecular formula is C19H18BrN3O2. The quantitative estimate of drug-likeness (QED) is 0.662. The number of hydrogen-bond acceptors (Lipinski definition) is 3. The number of ether oxygens (including phenoxy) is 1. The SMILES string of the molecule is O=C(COc1ccc(Br)cc1)NCc1cccc(Cn2ccnc2)c1. The normalized spacial score (nSPS) is 10.4. The van der Waals surface area contributed by atoms with Gasteiger partial charge >= 0.3 is 0 Å². The molecule has 0 spiro atoms. The largest absolute Gasteiger partial charge is 0.484 e.